The Labute approximate surface area is 171 Å². The number of piperazine rings is 1. The lowest BCUT2D eigenvalue weighted by molar-refractivity contribution is -0.132. The van der Waals surface area contributed by atoms with Gasteiger partial charge >= 0.3 is 0 Å². The molecule has 0 aromatic heterocycles. The quantitative estimate of drug-likeness (QED) is 0.624. The van der Waals surface area contributed by atoms with Crippen LogP contribution >= 0.6 is 11.6 Å². The fourth-order valence-electron chi connectivity index (χ4n) is 3.17. The van der Waals surface area contributed by atoms with Crippen LogP contribution in [0.5, 0.6) is 0 Å². The summed E-state index contributed by atoms with van der Waals surface area (Å²) in [5.41, 5.74) is 0.152. The second-order valence-electron chi connectivity index (χ2n) is 6.71. The first kappa shape index (κ1) is 23.0. The van der Waals surface area contributed by atoms with Crippen LogP contribution in [0.2, 0.25) is 5.02 Å². The fourth-order valence-corrected chi connectivity index (χ4v) is 4.70. The topological polar surface area (TPSA) is 64.2 Å². The summed E-state index contributed by atoms with van der Waals surface area (Å²) in [6.45, 7) is 6.84. The van der Waals surface area contributed by atoms with Gasteiger partial charge in [-0.1, -0.05) is 17.7 Å². The Hall–Kier alpha value is -1.26. The van der Waals surface area contributed by atoms with Crippen molar-refractivity contribution in [2.24, 2.45) is 0 Å². The molecule has 1 amide bonds. The van der Waals surface area contributed by atoms with Gasteiger partial charge in [0.2, 0.25) is 5.91 Å². The van der Waals surface area contributed by atoms with Crippen molar-refractivity contribution in [1.82, 2.24) is 18.4 Å². The summed E-state index contributed by atoms with van der Waals surface area (Å²) in [6.07, 6.45) is 0. The van der Waals surface area contributed by atoms with E-state index in [1.807, 2.05) is 18.7 Å². The van der Waals surface area contributed by atoms with E-state index in [-0.39, 0.29) is 42.7 Å². The van der Waals surface area contributed by atoms with E-state index in [0.29, 0.717) is 26.2 Å². The molecule has 0 atom stereocenters. The number of carbonyl (C=O) groups is 1. The number of likely N-dealkylation sites (N-methyl/N-ethyl adjacent to an activating group) is 1. The van der Waals surface area contributed by atoms with Crippen molar-refractivity contribution in [3.8, 4) is 0 Å². The molecule has 1 aromatic carbocycles. The predicted molar refractivity (Wildman–Crippen MR) is 108 cm³/mol. The zero-order valence-electron chi connectivity index (χ0n) is 16.6. The van der Waals surface area contributed by atoms with E-state index in [9.17, 15) is 17.6 Å². The van der Waals surface area contributed by atoms with Crippen LogP contribution in [0.15, 0.2) is 18.2 Å². The molecule has 0 unspecified atom stereocenters. The standard InChI is InChI=1S/C18H28ClFN4O3S/c1-4-23(5-2)18(25)14-22-9-11-24(12-10-22)28(26,27)21(3)13-15-16(19)7-6-8-17(15)20/h6-8H,4-5,9-14H2,1-3H3. The molecule has 0 bridgehead atoms. The number of carbonyl (C=O) groups excluding carboxylic acids is 1. The van der Waals surface area contributed by atoms with Crippen LogP contribution in [0.25, 0.3) is 0 Å². The van der Waals surface area contributed by atoms with Crippen LogP contribution < -0.4 is 0 Å². The SMILES string of the molecule is CCN(CC)C(=O)CN1CCN(S(=O)(=O)N(C)Cc2c(F)cccc2Cl)CC1. The Morgan fingerprint density at radius 2 is 1.79 bits per heavy atom. The van der Waals surface area contributed by atoms with Gasteiger partial charge in [-0.2, -0.15) is 17.0 Å². The van der Waals surface area contributed by atoms with Gasteiger partial charge in [-0.3, -0.25) is 9.69 Å². The van der Waals surface area contributed by atoms with E-state index in [1.165, 1.54) is 29.6 Å². The Morgan fingerprint density at radius 1 is 1.18 bits per heavy atom. The summed E-state index contributed by atoms with van der Waals surface area (Å²) in [4.78, 5) is 15.9. The minimum absolute atomic E-state index is 0.0487. The first-order chi connectivity index (χ1) is 13.2. The molecule has 1 heterocycles. The van der Waals surface area contributed by atoms with Crippen LogP contribution in [0.3, 0.4) is 0 Å². The first-order valence-electron chi connectivity index (χ1n) is 9.35. The molecule has 1 aliphatic rings. The molecule has 0 aliphatic carbocycles. The fraction of sp³-hybridized carbons (Fsp3) is 0.611. The average Bonchev–Trinajstić information content (AvgIpc) is 2.66. The lowest BCUT2D eigenvalue weighted by Gasteiger charge is -2.36. The molecule has 28 heavy (non-hydrogen) atoms. The number of nitrogens with zero attached hydrogens (tertiary/aromatic N) is 4. The number of halogens is 2. The van der Waals surface area contributed by atoms with Crippen LogP contribution in [0, 0.1) is 5.82 Å². The van der Waals surface area contributed by atoms with Crippen molar-refractivity contribution in [3.63, 3.8) is 0 Å². The minimum Gasteiger partial charge on any atom is -0.342 e. The molecule has 1 saturated heterocycles. The van der Waals surface area contributed by atoms with Crippen molar-refractivity contribution in [2.45, 2.75) is 20.4 Å². The van der Waals surface area contributed by atoms with Gasteiger partial charge in [0.1, 0.15) is 5.82 Å². The van der Waals surface area contributed by atoms with Gasteiger partial charge in [0, 0.05) is 63.4 Å². The molecule has 1 aromatic rings. The predicted octanol–water partition coefficient (Wildman–Crippen LogP) is 1.64. The Kier molecular flexibility index (Phi) is 8.20. The van der Waals surface area contributed by atoms with E-state index in [1.54, 1.807) is 4.90 Å². The van der Waals surface area contributed by atoms with Crippen molar-refractivity contribution < 1.29 is 17.6 Å². The molecule has 2 rings (SSSR count). The molecule has 0 spiro atoms. The monoisotopic (exact) mass is 434 g/mol. The summed E-state index contributed by atoms with van der Waals surface area (Å²) < 4.78 is 42.1. The molecule has 0 saturated carbocycles. The maximum Gasteiger partial charge on any atom is 0.282 e. The molecule has 10 heteroatoms. The summed E-state index contributed by atoms with van der Waals surface area (Å²) in [6, 6.07) is 4.27. The maximum atomic E-state index is 14.0. The van der Waals surface area contributed by atoms with Gasteiger partial charge in [0.25, 0.3) is 10.2 Å². The average molecular weight is 435 g/mol. The lowest BCUT2D eigenvalue weighted by Crippen LogP contribution is -2.54. The van der Waals surface area contributed by atoms with Crippen LogP contribution in [0.4, 0.5) is 4.39 Å². The summed E-state index contributed by atoms with van der Waals surface area (Å²) >= 11 is 6.01. The van der Waals surface area contributed by atoms with E-state index >= 15 is 0 Å². The highest BCUT2D eigenvalue weighted by molar-refractivity contribution is 7.86. The van der Waals surface area contributed by atoms with Gasteiger partial charge in [0.15, 0.2) is 0 Å². The Balaban J connectivity index is 1.96. The molecule has 0 N–H and O–H groups in total. The second kappa shape index (κ2) is 9.98. The number of benzene rings is 1. The maximum absolute atomic E-state index is 14.0. The van der Waals surface area contributed by atoms with Gasteiger partial charge in [-0.15, -0.1) is 0 Å². The van der Waals surface area contributed by atoms with E-state index < -0.39 is 16.0 Å². The Bertz CT molecular complexity index is 761. The number of hydrogen-bond acceptors (Lipinski definition) is 4. The summed E-state index contributed by atoms with van der Waals surface area (Å²) in [5.74, 6) is -0.484. The third kappa shape index (κ3) is 5.42. The van der Waals surface area contributed by atoms with E-state index in [0.717, 1.165) is 4.31 Å². The molecule has 1 fully saturated rings. The van der Waals surface area contributed by atoms with E-state index in [4.69, 9.17) is 11.6 Å². The number of amides is 1. The second-order valence-corrected chi connectivity index (χ2v) is 9.15. The summed E-state index contributed by atoms with van der Waals surface area (Å²) in [7, 11) is -2.34. The van der Waals surface area contributed by atoms with Gasteiger partial charge in [-0.25, -0.2) is 4.39 Å². The van der Waals surface area contributed by atoms with Crippen LogP contribution in [-0.4, -0.2) is 85.6 Å². The highest BCUT2D eigenvalue weighted by Gasteiger charge is 2.31. The van der Waals surface area contributed by atoms with Crippen molar-refractivity contribution in [3.05, 3.63) is 34.6 Å². The zero-order valence-corrected chi connectivity index (χ0v) is 18.1. The van der Waals surface area contributed by atoms with Crippen molar-refractivity contribution >= 4 is 27.7 Å². The first-order valence-corrected chi connectivity index (χ1v) is 11.1. The van der Waals surface area contributed by atoms with Crippen molar-refractivity contribution in [1.29, 1.82) is 0 Å². The van der Waals surface area contributed by atoms with E-state index in [2.05, 4.69) is 0 Å². The third-order valence-electron chi connectivity index (χ3n) is 4.97. The van der Waals surface area contributed by atoms with Crippen LogP contribution in [-0.2, 0) is 21.5 Å². The third-order valence-corrected chi connectivity index (χ3v) is 7.26. The highest BCUT2D eigenvalue weighted by atomic mass is 35.5. The van der Waals surface area contributed by atoms with Gasteiger partial charge in [0.05, 0.1) is 6.54 Å². The molecule has 158 valence electrons. The molecule has 1 aliphatic heterocycles. The van der Waals surface area contributed by atoms with Crippen LogP contribution in [0.1, 0.15) is 19.4 Å². The number of hydrogen-bond donors (Lipinski definition) is 0. The highest BCUT2D eigenvalue weighted by Crippen LogP contribution is 2.22. The molecule has 0 radical (unpaired) electrons. The van der Waals surface area contributed by atoms with Gasteiger partial charge in [-0.05, 0) is 26.0 Å². The minimum atomic E-state index is -3.75. The normalized spacial score (nSPS) is 16.5. The van der Waals surface area contributed by atoms with Gasteiger partial charge < -0.3 is 4.90 Å². The molecular weight excluding hydrogens is 407 g/mol. The smallest absolute Gasteiger partial charge is 0.282 e. The molecular formula is C18H28ClFN4O3S. The molecule has 7 nitrogen and oxygen atoms in total. The number of rotatable bonds is 8. The Morgan fingerprint density at radius 3 is 2.32 bits per heavy atom. The largest absolute Gasteiger partial charge is 0.342 e. The zero-order chi connectivity index (χ0) is 20.9. The lowest BCUT2D eigenvalue weighted by atomic mass is 10.2. The van der Waals surface area contributed by atoms with Crippen molar-refractivity contribution in [2.75, 3.05) is 52.9 Å². The summed E-state index contributed by atoms with van der Waals surface area (Å²) in [5, 5.41) is 0.196.